The third-order valence-electron chi connectivity index (χ3n) is 1.69. The van der Waals surface area contributed by atoms with Gasteiger partial charge in [-0.15, -0.1) is 0 Å². The number of fused-ring (bicyclic) bond motifs is 1. The quantitative estimate of drug-likeness (QED) is 0.453. The van der Waals surface area contributed by atoms with Gasteiger partial charge >= 0.3 is 0 Å². The predicted molar refractivity (Wildman–Crippen MR) is 37.3 cm³/mol. The summed E-state index contributed by atoms with van der Waals surface area (Å²) in [5.74, 6) is -0.728. The second-order valence-corrected chi connectivity index (χ2v) is 6.00. The van der Waals surface area contributed by atoms with Crippen molar-refractivity contribution in [1.82, 2.24) is 0 Å². The maximum absolute atomic E-state index is 10.8. The minimum Gasteiger partial charge on any atom is -0.263 e. The Hall–Kier alpha value is -0.180. The maximum atomic E-state index is 10.8. The zero-order chi connectivity index (χ0) is 8.98. The Bertz CT molecular complexity index is 327. The summed E-state index contributed by atoms with van der Waals surface area (Å²) in [4.78, 5) is 0. The van der Waals surface area contributed by atoms with E-state index in [4.69, 9.17) is 0 Å². The predicted octanol–water partition coefficient (Wildman–Crippen LogP) is -1.56. The monoisotopic (exact) mass is 214 g/mol. The molecule has 2 unspecified atom stereocenters. The summed E-state index contributed by atoms with van der Waals surface area (Å²) in [6.07, 6.45) is -1.67. The van der Waals surface area contributed by atoms with Crippen LogP contribution in [0.2, 0.25) is 0 Å². The first-order valence-electron chi connectivity index (χ1n) is 3.20. The standard InChI is InChI=1S/C4H6O6S2/c5-11(6)1-3-4(10-11)2-12(7,8)9-3/h3-4H,1-2H2. The Morgan fingerprint density at radius 1 is 0.833 bits per heavy atom. The molecule has 6 nitrogen and oxygen atoms in total. The lowest BCUT2D eigenvalue weighted by atomic mass is 10.3. The van der Waals surface area contributed by atoms with Crippen LogP contribution in [-0.2, 0) is 28.6 Å². The molecule has 8 heteroatoms. The lowest BCUT2D eigenvalue weighted by Gasteiger charge is -1.96. The van der Waals surface area contributed by atoms with Gasteiger partial charge in [0.2, 0.25) is 0 Å². The van der Waals surface area contributed by atoms with E-state index in [2.05, 4.69) is 8.37 Å². The highest BCUT2D eigenvalue weighted by Crippen LogP contribution is 2.28. The summed E-state index contributed by atoms with van der Waals surface area (Å²) in [5, 5.41) is 0. The maximum Gasteiger partial charge on any atom is 0.270 e. The van der Waals surface area contributed by atoms with Crippen LogP contribution in [0.5, 0.6) is 0 Å². The molecule has 0 amide bonds. The molecule has 2 atom stereocenters. The Balaban J connectivity index is 2.28. The molecule has 0 aromatic heterocycles. The van der Waals surface area contributed by atoms with Crippen LogP contribution in [0, 0.1) is 0 Å². The molecule has 0 aromatic carbocycles. The first kappa shape index (κ1) is 8.42. The van der Waals surface area contributed by atoms with Crippen LogP contribution in [-0.4, -0.2) is 40.5 Å². The fourth-order valence-corrected chi connectivity index (χ4v) is 4.09. The van der Waals surface area contributed by atoms with Gasteiger partial charge in [-0.05, 0) is 0 Å². The van der Waals surface area contributed by atoms with Gasteiger partial charge in [0, 0.05) is 0 Å². The first-order valence-corrected chi connectivity index (χ1v) is 6.35. The molecule has 2 aliphatic heterocycles. The first-order chi connectivity index (χ1) is 5.38. The Labute approximate surface area is 69.7 Å². The number of hydrogen-bond donors (Lipinski definition) is 0. The van der Waals surface area contributed by atoms with Gasteiger partial charge in [-0.25, -0.2) is 0 Å². The van der Waals surface area contributed by atoms with Crippen molar-refractivity contribution in [1.29, 1.82) is 0 Å². The smallest absolute Gasteiger partial charge is 0.263 e. The van der Waals surface area contributed by atoms with Gasteiger partial charge in [-0.2, -0.15) is 16.8 Å². The summed E-state index contributed by atoms with van der Waals surface area (Å²) in [7, 11) is -7.09. The SMILES string of the molecule is O=S1(=O)CC2OS(=O)(=O)CC2O1. The molecule has 0 bridgehead atoms. The van der Waals surface area contributed by atoms with E-state index in [-0.39, 0.29) is 11.5 Å². The van der Waals surface area contributed by atoms with Crippen molar-refractivity contribution in [3.8, 4) is 0 Å². The number of hydrogen-bond acceptors (Lipinski definition) is 6. The van der Waals surface area contributed by atoms with Crippen molar-refractivity contribution in [2.75, 3.05) is 11.5 Å². The van der Waals surface area contributed by atoms with Crippen molar-refractivity contribution >= 4 is 20.2 Å². The zero-order valence-electron chi connectivity index (χ0n) is 5.83. The highest BCUT2D eigenvalue weighted by atomic mass is 32.2. The summed E-state index contributed by atoms with van der Waals surface area (Å²) in [6, 6.07) is 0. The minimum absolute atomic E-state index is 0.364. The van der Waals surface area contributed by atoms with E-state index in [1.165, 1.54) is 0 Å². The summed E-state index contributed by atoms with van der Waals surface area (Å²) in [5.41, 5.74) is 0. The average Bonchev–Trinajstić information content (AvgIpc) is 2.12. The molecular weight excluding hydrogens is 208 g/mol. The number of rotatable bonds is 0. The van der Waals surface area contributed by atoms with Crippen LogP contribution < -0.4 is 0 Å². The Morgan fingerprint density at radius 2 is 1.17 bits per heavy atom. The third kappa shape index (κ3) is 1.35. The second kappa shape index (κ2) is 2.19. The molecule has 12 heavy (non-hydrogen) atoms. The molecule has 2 saturated heterocycles. The largest absolute Gasteiger partial charge is 0.270 e. The summed E-state index contributed by atoms with van der Waals surface area (Å²) in [6.45, 7) is 0. The van der Waals surface area contributed by atoms with Gasteiger partial charge in [0.1, 0.15) is 23.7 Å². The van der Waals surface area contributed by atoms with Gasteiger partial charge in [-0.3, -0.25) is 8.37 Å². The van der Waals surface area contributed by atoms with Crippen LogP contribution in [0.3, 0.4) is 0 Å². The van der Waals surface area contributed by atoms with Crippen molar-refractivity contribution < 1.29 is 25.2 Å². The molecule has 2 heterocycles. The van der Waals surface area contributed by atoms with E-state index in [1.54, 1.807) is 0 Å². The topological polar surface area (TPSA) is 86.7 Å². The molecule has 2 fully saturated rings. The van der Waals surface area contributed by atoms with Crippen LogP contribution in [0.25, 0.3) is 0 Å². The van der Waals surface area contributed by atoms with E-state index >= 15 is 0 Å². The zero-order valence-corrected chi connectivity index (χ0v) is 7.47. The normalized spacial score (nSPS) is 42.7. The fourth-order valence-electron chi connectivity index (χ4n) is 1.25. The molecule has 0 N–H and O–H groups in total. The fraction of sp³-hybridized carbons (Fsp3) is 1.00. The van der Waals surface area contributed by atoms with E-state index < -0.39 is 32.4 Å². The molecule has 0 saturated carbocycles. The average molecular weight is 214 g/mol. The van der Waals surface area contributed by atoms with E-state index in [0.29, 0.717) is 0 Å². The second-order valence-electron chi connectivity index (χ2n) is 2.72. The van der Waals surface area contributed by atoms with Crippen molar-refractivity contribution in [3.05, 3.63) is 0 Å². The molecular formula is C4H6O6S2. The lowest BCUT2D eigenvalue weighted by Crippen LogP contribution is -2.18. The van der Waals surface area contributed by atoms with Crippen molar-refractivity contribution in [3.63, 3.8) is 0 Å². The van der Waals surface area contributed by atoms with E-state index in [0.717, 1.165) is 0 Å². The van der Waals surface area contributed by atoms with Gasteiger partial charge < -0.3 is 0 Å². The summed E-state index contributed by atoms with van der Waals surface area (Å²) < 4.78 is 52.0. The van der Waals surface area contributed by atoms with Crippen LogP contribution in [0.1, 0.15) is 0 Å². The molecule has 2 rings (SSSR count). The summed E-state index contributed by atoms with van der Waals surface area (Å²) >= 11 is 0. The highest BCUT2D eigenvalue weighted by Gasteiger charge is 2.49. The van der Waals surface area contributed by atoms with Crippen LogP contribution >= 0.6 is 0 Å². The molecule has 0 aromatic rings. The minimum atomic E-state index is -3.55. The molecule has 2 aliphatic rings. The molecule has 0 radical (unpaired) electrons. The molecule has 0 spiro atoms. The van der Waals surface area contributed by atoms with Gasteiger partial charge in [0.05, 0.1) is 0 Å². The van der Waals surface area contributed by atoms with Gasteiger partial charge in [-0.1, -0.05) is 0 Å². The lowest BCUT2D eigenvalue weighted by molar-refractivity contribution is 0.156. The Morgan fingerprint density at radius 3 is 1.50 bits per heavy atom. The van der Waals surface area contributed by atoms with Crippen molar-refractivity contribution in [2.45, 2.75) is 12.2 Å². The van der Waals surface area contributed by atoms with E-state index in [1.807, 2.05) is 0 Å². The third-order valence-corrected chi connectivity index (χ3v) is 4.25. The highest BCUT2D eigenvalue weighted by molar-refractivity contribution is 7.88. The van der Waals surface area contributed by atoms with Crippen LogP contribution in [0.15, 0.2) is 0 Å². The molecule has 0 aliphatic carbocycles. The van der Waals surface area contributed by atoms with Crippen molar-refractivity contribution in [2.24, 2.45) is 0 Å². The Kier molecular flexibility index (Phi) is 1.54. The van der Waals surface area contributed by atoms with Crippen LogP contribution in [0.4, 0.5) is 0 Å². The van der Waals surface area contributed by atoms with E-state index in [9.17, 15) is 16.8 Å². The molecule has 70 valence electrons. The van der Waals surface area contributed by atoms with Gasteiger partial charge in [0.25, 0.3) is 20.2 Å². The van der Waals surface area contributed by atoms with Gasteiger partial charge in [0.15, 0.2) is 0 Å².